The smallest absolute Gasteiger partial charge is 0.335 e. The molecule has 0 unspecified atom stereocenters. The molecule has 0 atom stereocenters. The lowest BCUT2D eigenvalue weighted by Crippen LogP contribution is -2.48. The molecule has 9 nitrogen and oxygen atoms in total. The molecule has 0 amide bonds. The van der Waals surface area contributed by atoms with Gasteiger partial charge in [0.25, 0.3) is 5.56 Å². The van der Waals surface area contributed by atoms with Gasteiger partial charge in [-0.05, 0) is 127 Å². The van der Waals surface area contributed by atoms with Crippen molar-refractivity contribution in [2.75, 3.05) is 0 Å². The maximum Gasteiger partial charge on any atom is 0.335 e. The van der Waals surface area contributed by atoms with Crippen molar-refractivity contribution < 1.29 is 5.11 Å². The molecule has 10 heteroatoms. The second kappa shape index (κ2) is 9.97. The van der Waals surface area contributed by atoms with Gasteiger partial charge in [-0.2, -0.15) is 0 Å². The molecule has 4 aliphatic carbocycles. The molecule has 4 aromatic rings. The molecule has 218 valence electrons. The Labute approximate surface area is 250 Å². The fourth-order valence-electron chi connectivity index (χ4n) is 8.50. The van der Waals surface area contributed by atoms with Crippen molar-refractivity contribution in [1.82, 2.24) is 18.7 Å². The number of fused-ring (bicyclic) bond motifs is 1. The third-order valence-corrected chi connectivity index (χ3v) is 10.6. The van der Waals surface area contributed by atoms with Gasteiger partial charge in [-0.15, -0.1) is 0 Å². The standard InChI is InChI=1S/C32H34BrN5O4/c1-3-36-26-8-6-22(13-27(26)37(4-2)31(36)42)34-17-23-28(39)35-30(41)38(29(23)40)25-7-5-21(12-24(25)33)32-14-18-9-19(15-32)11-20(10-18)16-32/h5-8,12-13,17-20,40H,3-4,9-11,14-16H2,1-2H3,(H,35,39,41). The highest BCUT2D eigenvalue weighted by atomic mass is 79.9. The van der Waals surface area contributed by atoms with Gasteiger partial charge in [0.15, 0.2) is 0 Å². The number of aromatic nitrogens is 4. The van der Waals surface area contributed by atoms with E-state index >= 15 is 0 Å². The van der Waals surface area contributed by atoms with E-state index in [0.717, 1.165) is 33.4 Å². The van der Waals surface area contributed by atoms with E-state index in [1.807, 2.05) is 26.0 Å². The first kappa shape index (κ1) is 27.2. The summed E-state index contributed by atoms with van der Waals surface area (Å²) in [5.74, 6) is 1.94. The highest BCUT2D eigenvalue weighted by molar-refractivity contribution is 9.10. The third kappa shape index (κ3) is 4.17. The molecule has 2 N–H and O–H groups in total. The SMILES string of the molecule is CCn1c(=O)n(CC)c2cc(N=Cc3c(O)n(-c4ccc(C56CC7CC(CC(C7)C5)C6)cc4Br)c(=O)[nH]c3=O)ccc21. The van der Waals surface area contributed by atoms with Crippen LogP contribution in [0.4, 0.5) is 5.69 Å². The molecule has 8 rings (SSSR count). The summed E-state index contributed by atoms with van der Waals surface area (Å²) in [6.45, 7) is 4.89. The zero-order chi connectivity index (χ0) is 29.3. The van der Waals surface area contributed by atoms with Gasteiger partial charge in [-0.3, -0.25) is 23.9 Å². The Morgan fingerprint density at radius 1 is 0.952 bits per heavy atom. The van der Waals surface area contributed by atoms with Crippen molar-refractivity contribution in [2.45, 2.75) is 70.9 Å². The van der Waals surface area contributed by atoms with Gasteiger partial charge in [0, 0.05) is 23.8 Å². The summed E-state index contributed by atoms with van der Waals surface area (Å²) in [5, 5.41) is 11.2. The summed E-state index contributed by atoms with van der Waals surface area (Å²) >= 11 is 3.67. The molecule has 4 fully saturated rings. The van der Waals surface area contributed by atoms with Crippen LogP contribution in [0.1, 0.15) is 63.5 Å². The molecule has 0 saturated heterocycles. The first-order valence-corrected chi connectivity index (χ1v) is 15.7. The number of benzene rings is 2. The number of aromatic amines is 1. The number of imidazole rings is 1. The second-order valence-corrected chi connectivity index (χ2v) is 13.3. The normalized spacial score (nSPS) is 24.8. The fraction of sp³-hybridized carbons (Fsp3) is 0.438. The minimum Gasteiger partial charge on any atom is -0.493 e. The average molecular weight is 633 g/mol. The lowest BCUT2D eigenvalue weighted by Gasteiger charge is -2.57. The molecule has 4 saturated carbocycles. The molecule has 0 aliphatic heterocycles. The summed E-state index contributed by atoms with van der Waals surface area (Å²) in [4.78, 5) is 45.2. The third-order valence-electron chi connectivity index (χ3n) is 9.94. The maximum atomic E-state index is 13.0. The monoisotopic (exact) mass is 631 g/mol. The van der Waals surface area contributed by atoms with E-state index in [-0.39, 0.29) is 16.7 Å². The van der Waals surface area contributed by atoms with E-state index in [2.05, 4.69) is 38.0 Å². The highest BCUT2D eigenvalue weighted by Gasteiger charge is 2.51. The van der Waals surface area contributed by atoms with Gasteiger partial charge in [0.2, 0.25) is 5.88 Å². The Morgan fingerprint density at radius 3 is 2.21 bits per heavy atom. The van der Waals surface area contributed by atoms with Gasteiger partial charge < -0.3 is 5.11 Å². The highest BCUT2D eigenvalue weighted by Crippen LogP contribution is 2.61. The molecule has 4 bridgehead atoms. The first-order chi connectivity index (χ1) is 20.2. The van der Waals surface area contributed by atoms with E-state index in [4.69, 9.17) is 0 Å². The summed E-state index contributed by atoms with van der Waals surface area (Å²) in [6.07, 6.45) is 9.01. The number of nitrogens with zero attached hydrogens (tertiary/aromatic N) is 4. The van der Waals surface area contributed by atoms with Crippen LogP contribution in [0.5, 0.6) is 5.88 Å². The molecular weight excluding hydrogens is 598 g/mol. The van der Waals surface area contributed by atoms with Crippen molar-refractivity contribution in [3.63, 3.8) is 0 Å². The van der Waals surface area contributed by atoms with Crippen LogP contribution in [0.15, 0.2) is 60.2 Å². The largest absolute Gasteiger partial charge is 0.493 e. The van der Waals surface area contributed by atoms with Crippen molar-refractivity contribution in [2.24, 2.45) is 22.7 Å². The number of nitrogens with one attached hydrogen (secondary N) is 1. The van der Waals surface area contributed by atoms with Crippen molar-refractivity contribution in [1.29, 1.82) is 0 Å². The van der Waals surface area contributed by atoms with Crippen LogP contribution >= 0.6 is 15.9 Å². The lowest BCUT2D eigenvalue weighted by atomic mass is 9.48. The van der Waals surface area contributed by atoms with Gasteiger partial charge in [0.1, 0.15) is 5.56 Å². The Balaban J connectivity index is 1.25. The van der Waals surface area contributed by atoms with E-state index in [1.54, 1.807) is 21.3 Å². The van der Waals surface area contributed by atoms with E-state index < -0.39 is 17.1 Å². The Kier molecular flexibility index (Phi) is 6.45. The van der Waals surface area contributed by atoms with E-state index in [1.165, 1.54) is 50.3 Å². The number of aryl methyl sites for hydroxylation is 2. The van der Waals surface area contributed by atoms with Crippen LogP contribution in [0, 0.1) is 17.8 Å². The van der Waals surface area contributed by atoms with Crippen LogP contribution in [-0.4, -0.2) is 30.0 Å². The van der Waals surface area contributed by atoms with Gasteiger partial charge in [-0.25, -0.2) is 14.2 Å². The average Bonchev–Trinajstić information content (AvgIpc) is 3.22. The summed E-state index contributed by atoms with van der Waals surface area (Å²) in [5.41, 5.74) is 2.30. The Hall–Kier alpha value is -3.66. The van der Waals surface area contributed by atoms with Gasteiger partial charge in [0.05, 0.1) is 22.4 Å². The molecule has 4 aliphatic rings. The Bertz CT molecular complexity index is 1910. The maximum absolute atomic E-state index is 13.0. The summed E-state index contributed by atoms with van der Waals surface area (Å²) in [6, 6.07) is 11.4. The van der Waals surface area contributed by atoms with Crippen molar-refractivity contribution in [3.05, 3.63) is 83.3 Å². The molecule has 0 radical (unpaired) electrons. The topological polar surface area (TPSA) is 114 Å². The van der Waals surface area contributed by atoms with E-state index in [0.29, 0.717) is 28.9 Å². The van der Waals surface area contributed by atoms with Gasteiger partial charge >= 0.3 is 11.4 Å². The molecule has 2 aromatic carbocycles. The lowest BCUT2D eigenvalue weighted by molar-refractivity contribution is -0.00521. The quantitative estimate of drug-likeness (QED) is 0.278. The van der Waals surface area contributed by atoms with Crippen LogP contribution in [0.25, 0.3) is 16.7 Å². The number of hydrogen-bond acceptors (Lipinski definition) is 5. The van der Waals surface area contributed by atoms with Crippen LogP contribution < -0.4 is 16.9 Å². The zero-order valence-corrected chi connectivity index (χ0v) is 25.4. The number of rotatable bonds is 6. The number of halogens is 1. The predicted octanol–water partition coefficient (Wildman–Crippen LogP) is 5.37. The molecule has 0 spiro atoms. The fourth-order valence-corrected chi connectivity index (χ4v) is 9.06. The molecular formula is C32H34BrN5O4. The molecule has 2 heterocycles. The minimum atomic E-state index is -0.734. The molecule has 42 heavy (non-hydrogen) atoms. The number of aliphatic imine (C=N–C) groups is 1. The Morgan fingerprint density at radius 2 is 1.60 bits per heavy atom. The van der Waals surface area contributed by atoms with Crippen LogP contribution in [-0.2, 0) is 18.5 Å². The predicted molar refractivity (Wildman–Crippen MR) is 167 cm³/mol. The number of H-pyrrole nitrogens is 1. The van der Waals surface area contributed by atoms with Gasteiger partial charge in [-0.1, -0.05) is 6.07 Å². The summed E-state index contributed by atoms with van der Waals surface area (Å²) < 4.78 is 5.17. The minimum absolute atomic E-state index is 0.0860. The van der Waals surface area contributed by atoms with Crippen molar-refractivity contribution >= 4 is 38.9 Å². The second-order valence-electron chi connectivity index (χ2n) is 12.4. The first-order valence-electron chi connectivity index (χ1n) is 14.9. The summed E-state index contributed by atoms with van der Waals surface area (Å²) in [7, 11) is 0. The zero-order valence-electron chi connectivity index (χ0n) is 23.8. The van der Waals surface area contributed by atoms with Crippen LogP contribution in [0.3, 0.4) is 0 Å². The molecule has 2 aromatic heterocycles. The van der Waals surface area contributed by atoms with E-state index in [9.17, 15) is 19.5 Å². The van der Waals surface area contributed by atoms with Crippen LogP contribution in [0.2, 0.25) is 0 Å². The number of aromatic hydroxyl groups is 1. The van der Waals surface area contributed by atoms with Crippen molar-refractivity contribution in [3.8, 4) is 11.6 Å². The number of hydrogen-bond donors (Lipinski definition) is 2.